The van der Waals surface area contributed by atoms with Gasteiger partial charge in [-0.1, -0.05) is 97.9 Å². The molecule has 3 rings (SSSR count). The van der Waals surface area contributed by atoms with Gasteiger partial charge in [-0.05, 0) is 74.3 Å². The van der Waals surface area contributed by atoms with E-state index < -0.39 is 101 Å². The van der Waals surface area contributed by atoms with Gasteiger partial charge in [0.25, 0.3) is 29.3 Å². The van der Waals surface area contributed by atoms with Crippen LogP contribution in [-0.4, -0.2) is 149 Å². The molecule has 392 valence electrons. The number of rotatable bonds is 13. The summed E-state index contributed by atoms with van der Waals surface area (Å²) in [6.07, 6.45) is -6.36. The van der Waals surface area contributed by atoms with Gasteiger partial charge >= 0.3 is 23.9 Å². The lowest BCUT2D eigenvalue weighted by molar-refractivity contribution is -0.384. The molecular weight excluding hydrogens is 919 g/mol. The number of hydrogen-bond donors (Lipinski definition) is 0. The Bertz CT molecular complexity index is 2170. The Labute approximate surface area is 418 Å². The smallest absolute Gasteiger partial charge is 0.329 e. The highest BCUT2D eigenvalue weighted by atomic mass is 16.6. The molecule has 19 heteroatoms. The molecule has 0 aromatic heterocycles. The number of amides is 4. The Balaban J connectivity index is 2.27. The maximum absolute atomic E-state index is 14.7. The van der Waals surface area contributed by atoms with Crippen molar-refractivity contribution in [2.75, 3.05) is 28.2 Å². The van der Waals surface area contributed by atoms with Crippen LogP contribution in [0.15, 0.2) is 54.6 Å². The van der Waals surface area contributed by atoms with E-state index in [9.17, 15) is 48.5 Å². The predicted molar refractivity (Wildman–Crippen MR) is 262 cm³/mol. The van der Waals surface area contributed by atoms with Gasteiger partial charge in [-0.2, -0.15) is 0 Å². The van der Waals surface area contributed by atoms with Gasteiger partial charge in [-0.15, -0.1) is 0 Å². The number of cyclic esters (lactones) is 4. The monoisotopic (exact) mass is 994 g/mol. The quantitative estimate of drug-likeness (QED) is 0.103. The number of nitro benzene ring substituents is 1. The molecule has 1 aliphatic heterocycles. The van der Waals surface area contributed by atoms with Gasteiger partial charge in [0, 0.05) is 53.2 Å². The van der Waals surface area contributed by atoms with E-state index in [-0.39, 0.29) is 67.9 Å². The lowest BCUT2D eigenvalue weighted by Gasteiger charge is -2.35. The fraction of sp³-hybridized carbons (Fsp3) is 0.615. The number of nitrogens with zero attached hydrogens (tertiary/aromatic N) is 5. The largest absolute Gasteiger partial charge is 0.451 e. The second-order valence-electron chi connectivity index (χ2n) is 20.2. The molecule has 4 amide bonds. The van der Waals surface area contributed by atoms with E-state index in [1.807, 2.05) is 27.7 Å². The highest BCUT2D eigenvalue weighted by Gasteiger charge is 2.43. The minimum Gasteiger partial charge on any atom is -0.451 e. The number of hydrogen-bond acceptors (Lipinski definition) is 14. The van der Waals surface area contributed by atoms with Gasteiger partial charge in [0.05, 0.1) is 4.92 Å². The highest BCUT2D eigenvalue weighted by molar-refractivity contribution is 5.94. The molecule has 0 bridgehead atoms. The van der Waals surface area contributed by atoms with Crippen LogP contribution in [0, 0.1) is 33.8 Å². The average Bonchev–Trinajstić information content (AvgIpc) is 3.30. The minimum atomic E-state index is -1.65. The Morgan fingerprint density at radius 3 is 1.03 bits per heavy atom. The van der Waals surface area contributed by atoms with Gasteiger partial charge < -0.3 is 38.5 Å². The molecule has 19 nitrogen and oxygen atoms in total. The van der Waals surface area contributed by atoms with Gasteiger partial charge in [0.2, 0.25) is 0 Å². The molecular formula is C52H75N5O14. The molecule has 0 saturated carbocycles. The summed E-state index contributed by atoms with van der Waals surface area (Å²) in [6, 6.07) is 8.78. The summed E-state index contributed by atoms with van der Waals surface area (Å²) < 4.78 is 23.6. The number of likely N-dealkylation sites (N-methyl/N-ethyl adjacent to an activating group) is 4. The summed E-state index contributed by atoms with van der Waals surface area (Å²) in [5.74, 6) is -7.85. The summed E-state index contributed by atoms with van der Waals surface area (Å²) in [4.78, 5) is 130. The molecule has 0 unspecified atom stereocenters. The summed E-state index contributed by atoms with van der Waals surface area (Å²) in [5, 5.41) is 11.5. The maximum Gasteiger partial charge on any atom is 0.329 e. The molecule has 1 saturated heterocycles. The molecule has 8 atom stereocenters. The third-order valence-corrected chi connectivity index (χ3v) is 12.3. The van der Waals surface area contributed by atoms with E-state index in [2.05, 4.69) is 0 Å². The van der Waals surface area contributed by atoms with E-state index >= 15 is 0 Å². The van der Waals surface area contributed by atoms with Gasteiger partial charge in [-0.3, -0.25) is 29.3 Å². The van der Waals surface area contributed by atoms with Crippen molar-refractivity contribution in [3.8, 4) is 0 Å². The van der Waals surface area contributed by atoms with E-state index in [0.29, 0.717) is 11.1 Å². The number of benzene rings is 2. The first-order valence-corrected chi connectivity index (χ1v) is 24.3. The first kappa shape index (κ1) is 58.9. The minimum absolute atomic E-state index is 0.0332. The van der Waals surface area contributed by atoms with Gasteiger partial charge in [0.1, 0.15) is 24.2 Å². The molecule has 0 radical (unpaired) electrons. The molecule has 1 heterocycles. The molecule has 2 aromatic carbocycles. The molecule has 0 spiro atoms. The molecule has 2 aromatic rings. The third-order valence-electron chi connectivity index (χ3n) is 12.3. The number of carbonyl (C=O) groups excluding carboxylic acids is 8. The van der Waals surface area contributed by atoms with Crippen LogP contribution in [0.2, 0.25) is 0 Å². The molecule has 0 N–H and O–H groups in total. The van der Waals surface area contributed by atoms with E-state index in [1.165, 1.54) is 66.3 Å². The third kappa shape index (κ3) is 16.9. The van der Waals surface area contributed by atoms with Crippen LogP contribution >= 0.6 is 0 Å². The summed E-state index contributed by atoms with van der Waals surface area (Å²) >= 11 is 0. The van der Waals surface area contributed by atoms with Crippen molar-refractivity contribution in [2.24, 2.45) is 23.7 Å². The van der Waals surface area contributed by atoms with Crippen molar-refractivity contribution >= 4 is 53.2 Å². The van der Waals surface area contributed by atoms with Gasteiger partial charge in [-0.25, -0.2) is 19.2 Å². The van der Waals surface area contributed by atoms with Crippen molar-refractivity contribution in [1.29, 1.82) is 0 Å². The number of nitro groups is 1. The van der Waals surface area contributed by atoms with Crippen LogP contribution in [0.4, 0.5) is 5.69 Å². The Kier molecular flexibility index (Phi) is 22.2. The Morgan fingerprint density at radius 2 is 0.732 bits per heavy atom. The zero-order chi connectivity index (χ0) is 53.6. The fourth-order valence-corrected chi connectivity index (χ4v) is 8.28. The SMILES string of the molecule is CC(C)C[C@H]1C(=O)O[C@H](Cc2ccc([N+](=O)[O-])cc2)C(=O)N(C)[C@@H](CC(C)C)C(=O)O[C@H](C)C(=O)N(C)[C@@H](CC(C)C)C(=O)O[C@H](Cc2ccccc2)C(=O)N(C)[C@@H](CC(C)C)C(=O)O[C@H](C)C(=O)N1C. The molecule has 1 aliphatic rings. The van der Waals surface area contributed by atoms with Crippen molar-refractivity contribution in [2.45, 2.75) is 156 Å². The van der Waals surface area contributed by atoms with Crippen molar-refractivity contribution in [3.63, 3.8) is 0 Å². The summed E-state index contributed by atoms with van der Waals surface area (Å²) in [7, 11) is 5.37. The standard InChI is InChI=1S/C52H75N5O14/c1-30(2)24-39-49(62)68-35(10)46(59)54(12)42(27-33(7)8)52(65)71-44(29-37-20-22-38(23-21-37)57(66)67)48(61)56(14)40(25-31(3)4)50(63)69-34(9)45(58)53(11)41(26-32(5)6)51(64)70-43(47(60)55(39)13)28-36-18-16-15-17-19-36/h15-23,30-35,39-44H,24-29H2,1-14H3/t34-,35-,39+,40+,41+,42+,43-,44-/m1/s1. The van der Waals surface area contributed by atoms with Crippen molar-refractivity contribution in [1.82, 2.24) is 19.6 Å². The number of carbonyl (C=O) groups is 8. The van der Waals surface area contributed by atoms with E-state index in [4.69, 9.17) is 18.9 Å². The van der Waals surface area contributed by atoms with Crippen molar-refractivity contribution in [3.05, 3.63) is 75.8 Å². The topological polar surface area (TPSA) is 230 Å². The molecule has 71 heavy (non-hydrogen) atoms. The first-order valence-electron chi connectivity index (χ1n) is 24.3. The first-order chi connectivity index (χ1) is 33.1. The fourth-order valence-electron chi connectivity index (χ4n) is 8.28. The number of ether oxygens (including phenoxy) is 4. The summed E-state index contributed by atoms with van der Waals surface area (Å²) in [6.45, 7) is 17.2. The number of esters is 4. The highest BCUT2D eigenvalue weighted by Crippen LogP contribution is 2.24. The van der Waals surface area contributed by atoms with E-state index in [0.717, 1.165) is 19.6 Å². The summed E-state index contributed by atoms with van der Waals surface area (Å²) in [5.41, 5.74) is 0.763. The normalized spacial score (nSPS) is 24.6. The van der Waals surface area contributed by atoms with Gasteiger partial charge in [0.15, 0.2) is 24.4 Å². The van der Waals surface area contributed by atoms with Crippen LogP contribution in [-0.2, 0) is 70.1 Å². The Morgan fingerprint density at radius 1 is 0.451 bits per heavy atom. The van der Waals surface area contributed by atoms with Crippen LogP contribution in [0.1, 0.15) is 106 Å². The second kappa shape index (κ2) is 26.7. The zero-order valence-corrected chi connectivity index (χ0v) is 43.8. The average molecular weight is 994 g/mol. The lowest BCUT2D eigenvalue weighted by Crippen LogP contribution is -2.55. The molecule has 1 fully saturated rings. The van der Waals surface area contributed by atoms with Crippen LogP contribution in [0.25, 0.3) is 0 Å². The predicted octanol–water partition coefficient (Wildman–Crippen LogP) is 5.57. The zero-order valence-electron chi connectivity index (χ0n) is 43.8. The lowest BCUT2D eigenvalue weighted by atomic mass is 10.00. The number of non-ortho nitro benzene ring substituents is 1. The molecule has 0 aliphatic carbocycles. The van der Waals surface area contributed by atoms with Crippen LogP contribution in [0.5, 0.6) is 0 Å². The van der Waals surface area contributed by atoms with Crippen molar-refractivity contribution < 1.29 is 62.2 Å². The van der Waals surface area contributed by atoms with Crippen LogP contribution < -0.4 is 0 Å². The second-order valence-corrected chi connectivity index (χ2v) is 20.2. The van der Waals surface area contributed by atoms with E-state index in [1.54, 1.807) is 58.0 Å². The Hall–Kier alpha value is -6.40. The maximum atomic E-state index is 14.7. The van der Waals surface area contributed by atoms with Crippen LogP contribution in [0.3, 0.4) is 0 Å².